The minimum absolute atomic E-state index is 0.419. The van der Waals surface area contributed by atoms with Crippen molar-refractivity contribution in [2.24, 2.45) is 11.8 Å². The zero-order valence-electron chi connectivity index (χ0n) is 12.9. The van der Waals surface area contributed by atoms with Crippen molar-refractivity contribution in [3.05, 3.63) is 24.4 Å². The van der Waals surface area contributed by atoms with Crippen molar-refractivity contribution < 1.29 is 0 Å². The van der Waals surface area contributed by atoms with E-state index in [4.69, 9.17) is 0 Å². The molecule has 0 amide bonds. The van der Waals surface area contributed by atoms with Gasteiger partial charge in [-0.3, -0.25) is 4.90 Å². The van der Waals surface area contributed by atoms with Gasteiger partial charge in [0.25, 0.3) is 0 Å². The summed E-state index contributed by atoms with van der Waals surface area (Å²) < 4.78 is 0. The van der Waals surface area contributed by atoms with Gasteiger partial charge in [-0.15, -0.1) is 0 Å². The highest BCUT2D eigenvalue weighted by Gasteiger charge is 2.30. The molecule has 3 atom stereocenters. The first-order chi connectivity index (χ1) is 8.97. The molecule has 2 rings (SSSR count). The Labute approximate surface area is 118 Å². The second-order valence-electron chi connectivity index (χ2n) is 6.90. The first-order valence-corrected chi connectivity index (χ1v) is 7.78. The molecule has 0 radical (unpaired) electrons. The van der Waals surface area contributed by atoms with E-state index < -0.39 is 0 Å². The molecule has 1 aliphatic carbocycles. The second kappa shape index (κ2) is 6.13. The summed E-state index contributed by atoms with van der Waals surface area (Å²) in [6, 6.07) is 0.917. The number of nitrogens with one attached hydrogen (secondary N) is 1. The van der Waals surface area contributed by atoms with Crippen molar-refractivity contribution >= 4 is 0 Å². The van der Waals surface area contributed by atoms with Crippen molar-refractivity contribution in [2.75, 3.05) is 13.6 Å². The lowest BCUT2D eigenvalue weighted by molar-refractivity contribution is 0.268. The number of hydrogen-bond donors (Lipinski definition) is 1. The van der Waals surface area contributed by atoms with Crippen molar-refractivity contribution in [2.45, 2.75) is 58.0 Å². The Hall–Kier alpha value is -0.760. The Morgan fingerprint density at radius 1 is 1.37 bits per heavy atom. The first kappa shape index (κ1) is 14.6. The topological polar surface area (TPSA) is 15.3 Å². The van der Waals surface area contributed by atoms with E-state index in [1.807, 2.05) is 0 Å². The van der Waals surface area contributed by atoms with Gasteiger partial charge in [0.2, 0.25) is 0 Å². The van der Waals surface area contributed by atoms with Gasteiger partial charge >= 0.3 is 0 Å². The molecule has 0 aromatic heterocycles. The summed E-state index contributed by atoms with van der Waals surface area (Å²) in [4.78, 5) is 2.43. The van der Waals surface area contributed by atoms with E-state index in [2.05, 4.69) is 44.3 Å². The number of nitrogens with zero attached hydrogens (tertiary/aromatic N) is 1. The molecule has 19 heavy (non-hydrogen) atoms. The van der Waals surface area contributed by atoms with E-state index in [9.17, 15) is 0 Å². The predicted molar refractivity (Wildman–Crippen MR) is 83.0 cm³/mol. The van der Waals surface area contributed by atoms with E-state index >= 15 is 0 Å². The lowest BCUT2D eigenvalue weighted by atomic mass is 9.79. The fourth-order valence-electron chi connectivity index (χ4n) is 3.43. The monoisotopic (exact) mass is 262 g/mol. The zero-order chi connectivity index (χ0) is 14.0. The van der Waals surface area contributed by atoms with Crippen LogP contribution in [0.1, 0.15) is 46.0 Å². The van der Waals surface area contributed by atoms with E-state index in [1.165, 1.54) is 49.9 Å². The Morgan fingerprint density at radius 2 is 2.05 bits per heavy atom. The average molecular weight is 262 g/mol. The van der Waals surface area contributed by atoms with E-state index in [1.54, 1.807) is 0 Å². The summed E-state index contributed by atoms with van der Waals surface area (Å²) in [5.74, 6) is 1.69. The Balaban J connectivity index is 1.89. The third-order valence-electron chi connectivity index (χ3n) is 4.91. The largest absolute Gasteiger partial charge is 0.381 e. The van der Waals surface area contributed by atoms with Crippen molar-refractivity contribution in [3.8, 4) is 0 Å². The fraction of sp³-hybridized carbons (Fsp3) is 0.765. The number of hydrogen-bond acceptors (Lipinski definition) is 2. The maximum absolute atomic E-state index is 4.30. The molecule has 0 spiro atoms. The Bertz CT molecular complexity index is 343. The predicted octanol–water partition coefficient (Wildman–Crippen LogP) is 3.56. The molecule has 0 aromatic rings. The summed E-state index contributed by atoms with van der Waals surface area (Å²) in [7, 11) is 2.21. The van der Waals surface area contributed by atoms with E-state index in [0.29, 0.717) is 12.1 Å². The van der Waals surface area contributed by atoms with Crippen LogP contribution in [-0.4, -0.2) is 30.6 Å². The maximum Gasteiger partial charge on any atom is 0.0489 e. The Kier molecular flexibility index (Phi) is 4.72. The van der Waals surface area contributed by atoms with Crippen molar-refractivity contribution in [3.63, 3.8) is 0 Å². The van der Waals surface area contributed by atoms with Crippen LogP contribution in [0.5, 0.6) is 0 Å². The maximum atomic E-state index is 4.30. The van der Waals surface area contributed by atoms with Crippen LogP contribution in [0.2, 0.25) is 0 Å². The molecule has 108 valence electrons. The quantitative estimate of drug-likeness (QED) is 0.736. The second-order valence-corrected chi connectivity index (χ2v) is 6.90. The molecule has 2 fully saturated rings. The molecule has 1 saturated carbocycles. The summed E-state index contributed by atoms with van der Waals surface area (Å²) in [6.45, 7) is 14.1. The minimum Gasteiger partial charge on any atom is -0.381 e. The molecule has 0 aromatic carbocycles. The van der Waals surface area contributed by atoms with Gasteiger partial charge in [0, 0.05) is 24.3 Å². The van der Waals surface area contributed by atoms with Crippen molar-refractivity contribution in [1.82, 2.24) is 10.2 Å². The van der Waals surface area contributed by atoms with Crippen LogP contribution in [-0.2, 0) is 0 Å². The standard InChI is InChI=1S/C17H30N2/c1-12(2)16(10-15-7-6-8-15)18-14(4)17-9-13(3)11-19(17)5/h13,15-18H,1,4,6-11H2,2-3,5H3. The highest BCUT2D eigenvalue weighted by atomic mass is 15.2. The van der Waals surface area contributed by atoms with Gasteiger partial charge in [-0.1, -0.05) is 44.9 Å². The van der Waals surface area contributed by atoms with Gasteiger partial charge in [0.15, 0.2) is 0 Å². The number of likely N-dealkylation sites (N-methyl/N-ethyl adjacent to an activating group) is 1. The third-order valence-corrected chi connectivity index (χ3v) is 4.91. The van der Waals surface area contributed by atoms with Crippen LogP contribution in [0.3, 0.4) is 0 Å². The van der Waals surface area contributed by atoms with Crippen molar-refractivity contribution in [1.29, 1.82) is 0 Å². The van der Waals surface area contributed by atoms with E-state index in [0.717, 1.165) is 11.8 Å². The normalized spacial score (nSPS) is 29.8. The van der Waals surface area contributed by atoms with Gasteiger partial charge < -0.3 is 5.32 Å². The summed E-state index contributed by atoms with van der Waals surface area (Å²) in [5, 5.41) is 3.67. The summed E-state index contributed by atoms with van der Waals surface area (Å²) in [6.07, 6.45) is 6.68. The molecule has 2 aliphatic rings. The third kappa shape index (κ3) is 3.62. The fourth-order valence-corrected chi connectivity index (χ4v) is 3.43. The molecular formula is C17H30N2. The molecule has 2 heteroatoms. The SMILES string of the molecule is C=C(C)C(CC1CCC1)NC(=C)C1CC(C)CN1C. The summed E-state index contributed by atoms with van der Waals surface area (Å²) in [5.41, 5.74) is 2.45. The lowest BCUT2D eigenvalue weighted by Crippen LogP contribution is -2.39. The molecule has 1 heterocycles. The zero-order valence-corrected chi connectivity index (χ0v) is 12.9. The van der Waals surface area contributed by atoms with E-state index in [-0.39, 0.29) is 0 Å². The Morgan fingerprint density at radius 3 is 2.47 bits per heavy atom. The van der Waals surface area contributed by atoms with Gasteiger partial charge in [-0.2, -0.15) is 0 Å². The molecule has 2 nitrogen and oxygen atoms in total. The molecule has 1 N–H and O–H groups in total. The van der Waals surface area contributed by atoms with Gasteiger partial charge in [-0.05, 0) is 38.6 Å². The van der Waals surface area contributed by atoms with Crippen LogP contribution in [0.15, 0.2) is 24.4 Å². The van der Waals surface area contributed by atoms with Crippen LogP contribution < -0.4 is 5.32 Å². The molecule has 1 saturated heterocycles. The van der Waals surface area contributed by atoms with Gasteiger partial charge in [-0.25, -0.2) is 0 Å². The average Bonchev–Trinajstić information content (AvgIpc) is 2.60. The minimum atomic E-state index is 0.419. The molecule has 0 bridgehead atoms. The highest BCUT2D eigenvalue weighted by Crippen LogP contribution is 2.32. The van der Waals surface area contributed by atoms with Gasteiger partial charge in [0.1, 0.15) is 0 Å². The number of rotatable bonds is 6. The lowest BCUT2D eigenvalue weighted by Gasteiger charge is -2.33. The smallest absolute Gasteiger partial charge is 0.0489 e. The van der Waals surface area contributed by atoms with Crippen LogP contribution in [0, 0.1) is 11.8 Å². The van der Waals surface area contributed by atoms with Crippen LogP contribution in [0.25, 0.3) is 0 Å². The van der Waals surface area contributed by atoms with Crippen LogP contribution in [0.4, 0.5) is 0 Å². The molecular weight excluding hydrogens is 232 g/mol. The summed E-state index contributed by atoms with van der Waals surface area (Å²) >= 11 is 0. The molecule has 1 aliphatic heterocycles. The van der Waals surface area contributed by atoms with Crippen LogP contribution >= 0.6 is 0 Å². The van der Waals surface area contributed by atoms with Gasteiger partial charge in [0.05, 0.1) is 0 Å². The highest BCUT2D eigenvalue weighted by molar-refractivity contribution is 5.14. The molecule has 3 unspecified atom stereocenters. The first-order valence-electron chi connectivity index (χ1n) is 7.78. The number of likely N-dealkylation sites (tertiary alicyclic amines) is 1.